The topological polar surface area (TPSA) is 46.6 Å². The first kappa shape index (κ1) is 10.5. The summed E-state index contributed by atoms with van der Waals surface area (Å²) < 4.78 is 4.53. The van der Waals surface area contributed by atoms with Crippen LogP contribution in [0.15, 0.2) is 25.4 Å². The van der Waals surface area contributed by atoms with E-state index in [1.54, 1.807) is 11.1 Å². The van der Waals surface area contributed by atoms with Gasteiger partial charge in [0.2, 0.25) is 0 Å². The van der Waals surface area contributed by atoms with E-state index in [0.717, 1.165) is 19.0 Å². The van der Waals surface area contributed by atoms with Gasteiger partial charge in [-0.05, 0) is 19.0 Å². The normalized spacial score (nSPS) is 20.3. The summed E-state index contributed by atoms with van der Waals surface area (Å²) >= 11 is 0. The third kappa shape index (κ3) is 2.22. The van der Waals surface area contributed by atoms with Crippen LogP contribution >= 0.6 is 0 Å². The van der Waals surface area contributed by atoms with Gasteiger partial charge in [-0.2, -0.15) is 0 Å². The molecule has 0 bridgehead atoms. The average Bonchev–Trinajstić information content (AvgIpc) is 2.65. The number of hydrogen-bond acceptors (Lipinski definition) is 4. The van der Waals surface area contributed by atoms with Gasteiger partial charge in [0.05, 0.1) is 0 Å². The molecule has 0 radical (unpaired) electrons. The summed E-state index contributed by atoms with van der Waals surface area (Å²) in [6, 6.07) is -0.364. The van der Waals surface area contributed by atoms with Gasteiger partial charge in [-0.1, -0.05) is 13.2 Å². The number of carbonyl (C=O) groups excluding carboxylic acids is 2. The molecule has 1 saturated heterocycles. The fourth-order valence-electron chi connectivity index (χ4n) is 1.47. The fourth-order valence-corrected chi connectivity index (χ4v) is 1.47. The summed E-state index contributed by atoms with van der Waals surface area (Å²) in [5, 5.41) is 0. The van der Waals surface area contributed by atoms with Gasteiger partial charge in [-0.25, -0.2) is 9.59 Å². The van der Waals surface area contributed by atoms with Gasteiger partial charge >= 0.3 is 11.9 Å². The minimum Gasteiger partial charge on any atom is -0.388 e. The quantitative estimate of drug-likeness (QED) is 0.380. The van der Waals surface area contributed by atoms with Gasteiger partial charge in [-0.15, -0.1) is 0 Å². The van der Waals surface area contributed by atoms with Crippen molar-refractivity contribution in [2.24, 2.45) is 0 Å². The smallest absolute Gasteiger partial charge is 0.337 e. The largest absolute Gasteiger partial charge is 0.388 e. The summed E-state index contributed by atoms with van der Waals surface area (Å²) in [5.41, 5.74) is 0. The van der Waals surface area contributed by atoms with Gasteiger partial charge in [0, 0.05) is 12.6 Å². The van der Waals surface area contributed by atoms with E-state index in [1.807, 2.05) is 0 Å². The molecule has 0 aromatic heterocycles. The molecule has 0 N–H and O–H groups in total. The van der Waals surface area contributed by atoms with E-state index < -0.39 is 11.9 Å². The molecule has 0 aromatic rings. The molecule has 76 valence electrons. The number of hydrogen-bond donors (Lipinski definition) is 0. The maximum Gasteiger partial charge on any atom is 0.337 e. The Kier molecular flexibility index (Phi) is 3.45. The third-order valence-corrected chi connectivity index (χ3v) is 2.17. The minimum atomic E-state index is -0.703. The Morgan fingerprint density at radius 1 is 1.43 bits per heavy atom. The molecule has 4 heteroatoms. The number of likely N-dealkylation sites (tertiary alicyclic amines) is 1. The lowest BCUT2D eigenvalue weighted by molar-refractivity contribution is -0.159. The third-order valence-electron chi connectivity index (χ3n) is 2.17. The van der Waals surface area contributed by atoms with E-state index in [9.17, 15) is 9.59 Å². The van der Waals surface area contributed by atoms with E-state index in [4.69, 9.17) is 0 Å². The standard InChI is InChI=1S/C10H13NO3/c1-3-9(12)14-10(13)8-6-5-7-11(8)4-2/h3-4,8H,1-2,5-7H2. The first-order valence-electron chi connectivity index (χ1n) is 4.45. The van der Waals surface area contributed by atoms with Crippen LogP contribution < -0.4 is 0 Å². The van der Waals surface area contributed by atoms with Crippen LogP contribution in [0.1, 0.15) is 12.8 Å². The van der Waals surface area contributed by atoms with Crippen molar-refractivity contribution < 1.29 is 14.3 Å². The summed E-state index contributed by atoms with van der Waals surface area (Å²) in [5.74, 6) is -1.22. The molecular weight excluding hydrogens is 182 g/mol. The molecule has 0 spiro atoms. The summed E-state index contributed by atoms with van der Waals surface area (Å²) in [6.07, 6.45) is 4.19. The van der Waals surface area contributed by atoms with Crippen molar-refractivity contribution in [2.45, 2.75) is 18.9 Å². The number of ether oxygens (including phenoxy) is 1. The van der Waals surface area contributed by atoms with Crippen LogP contribution in [0.5, 0.6) is 0 Å². The highest BCUT2D eigenvalue weighted by Gasteiger charge is 2.30. The maximum absolute atomic E-state index is 11.4. The zero-order valence-electron chi connectivity index (χ0n) is 7.94. The van der Waals surface area contributed by atoms with Crippen LogP contribution in [0, 0.1) is 0 Å². The van der Waals surface area contributed by atoms with Crippen molar-refractivity contribution in [3.8, 4) is 0 Å². The molecule has 0 aromatic carbocycles. The molecule has 0 saturated carbocycles. The molecule has 1 aliphatic rings. The SMILES string of the molecule is C=CC(=O)OC(=O)C1CCCN1C=C. The first-order valence-corrected chi connectivity index (χ1v) is 4.45. The molecule has 1 atom stereocenters. The lowest BCUT2D eigenvalue weighted by atomic mass is 10.2. The Balaban J connectivity index is 2.55. The molecule has 4 nitrogen and oxygen atoms in total. The molecule has 1 aliphatic heterocycles. The van der Waals surface area contributed by atoms with Crippen LogP contribution in [-0.2, 0) is 14.3 Å². The van der Waals surface area contributed by atoms with Gasteiger partial charge in [0.15, 0.2) is 0 Å². The fraction of sp³-hybridized carbons (Fsp3) is 0.400. The van der Waals surface area contributed by atoms with Crippen molar-refractivity contribution in [2.75, 3.05) is 6.54 Å². The van der Waals surface area contributed by atoms with Crippen LogP contribution in [0.4, 0.5) is 0 Å². The average molecular weight is 195 g/mol. The first-order chi connectivity index (χ1) is 6.69. The summed E-state index contributed by atoms with van der Waals surface area (Å²) in [6.45, 7) is 7.59. The summed E-state index contributed by atoms with van der Waals surface area (Å²) in [7, 11) is 0. The van der Waals surface area contributed by atoms with Crippen LogP contribution in [0.3, 0.4) is 0 Å². The molecule has 1 unspecified atom stereocenters. The molecule has 14 heavy (non-hydrogen) atoms. The van der Waals surface area contributed by atoms with E-state index in [-0.39, 0.29) is 6.04 Å². The van der Waals surface area contributed by atoms with E-state index >= 15 is 0 Å². The molecule has 0 amide bonds. The number of rotatable bonds is 3. The predicted molar refractivity (Wildman–Crippen MR) is 51.2 cm³/mol. The molecule has 1 heterocycles. The Labute approximate surface area is 82.8 Å². The lowest BCUT2D eigenvalue weighted by Crippen LogP contribution is -2.34. The van der Waals surface area contributed by atoms with E-state index in [0.29, 0.717) is 6.42 Å². The Morgan fingerprint density at radius 3 is 2.71 bits per heavy atom. The van der Waals surface area contributed by atoms with Crippen molar-refractivity contribution in [1.82, 2.24) is 4.90 Å². The summed E-state index contributed by atoms with van der Waals surface area (Å²) in [4.78, 5) is 23.9. The van der Waals surface area contributed by atoms with Crippen LogP contribution in [-0.4, -0.2) is 29.4 Å². The van der Waals surface area contributed by atoms with Crippen molar-refractivity contribution in [3.63, 3.8) is 0 Å². The number of esters is 2. The highest BCUT2D eigenvalue weighted by atomic mass is 16.6. The van der Waals surface area contributed by atoms with E-state index in [2.05, 4.69) is 17.9 Å². The number of nitrogens with zero attached hydrogens (tertiary/aromatic N) is 1. The number of carbonyl (C=O) groups is 2. The van der Waals surface area contributed by atoms with Gasteiger partial charge < -0.3 is 9.64 Å². The second kappa shape index (κ2) is 4.60. The molecular formula is C10H13NO3. The van der Waals surface area contributed by atoms with Gasteiger partial charge in [0.1, 0.15) is 6.04 Å². The minimum absolute atomic E-state index is 0.364. The Morgan fingerprint density at radius 2 is 2.14 bits per heavy atom. The molecule has 0 aliphatic carbocycles. The van der Waals surface area contributed by atoms with Gasteiger partial charge in [0.25, 0.3) is 0 Å². The van der Waals surface area contributed by atoms with Gasteiger partial charge in [-0.3, -0.25) is 0 Å². The molecule has 1 fully saturated rings. The Bertz CT molecular complexity index is 273. The lowest BCUT2D eigenvalue weighted by Gasteiger charge is -2.19. The highest BCUT2D eigenvalue weighted by Crippen LogP contribution is 2.18. The van der Waals surface area contributed by atoms with Crippen LogP contribution in [0.25, 0.3) is 0 Å². The Hall–Kier alpha value is -1.58. The second-order valence-corrected chi connectivity index (χ2v) is 3.02. The van der Waals surface area contributed by atoms with Crippen molar-refractivity contribution >= 4 is 11.9 Å². The predicted octanol–water partition coefficient (Wildman–Crippen LogP) is 0.850. The molecule has 1 rings (SSSR count). The van der Waals surface area contributed by atoms with E-state index in [1.165, 1.54) is 0 Å². The monoisotopic (exact) mass is 195 g/mol. The zero-order valence-corrected chi connectivity index (χ0v) is 7.94. The van der Waals surface area contributed by atoms with Crippen LogP contribution in [0.2, 0.25) is 0 Å². The second-order valence-electron chi connectivity index (χ2n) is 3.02. The van der Waals surface area contributed by atoms with Crippen molar-refractivity contribution in [3.05, 3.63) is 25.4 Å². The van der Waals surface area contributed by atoms with Crippen molar-refractivity contribution in [1.29, 1.82) is 0 Å². The maximum atomic E-state index is 11.4. The zero-order chi connectivity index (χ0) is 10.6. The highest BCUT2D eigenvalue weighted by molar-refractivity contribution is 5.93.